The lowest BCUT2D eigenvalue weighted by atomic mass is 9.72. The molecule has 2 nitrogen and oxygen atoms in total. The maximum atomic E-state index is 5.65. The van der Waals surface area contributed by atoms with Crippen molar-refractivity contribution in [2.24, 2.45) is 5.41 Å². The predicted octanol–water partition coefficient (Wildman–Crippen LogP) is 1.59. The van der Waals surface area contributed by atoms with Crippen molar-refractivity contribution in [3.8, 4) is 0 Å². The topological polar surface area (TPSA) is 18.5 Å². The van der Waals surface area contributed by atoms with Gasteiger partial charge in [0.25, 0.3) is 0 Å². The van der Waals surface area contributed by atoms with Crippen LogP contribution in [0, 0.1) is 5.41 Å². The highest BCUT2D eigenvalue weighted by Crippen LogP contribution is 2.42. The summed E-state index contributed by atoms with van der Waals surface area (Å²) in [5.41, 5.74) is 0.392. The Morgan fingerprint density at radius 3 is 2.64 bits per heavy atom. The van der Waals surface area contributed by atoms with Crippen LogP contribution >= 0.6 is 0 Å². The van der Waals surface area contributed by atoms with Crippen molar-refractivity contribution in [2.45, 2.75) is 31.8 Å². The molecule has 3 aliphatic rings. The second-order valence-corrected chi connectivity index (χ2v) is 3.94. The van der Waals surface area contributed by atoms with Gasteiger partial charge in [0.2, 0.25) is 0 Å². The summed E-state index contributed by atoms with van der Waals surface area (Å²) in [5, 5.41) is 0. The summed E-state index contributed by atoms with van der Waals surface area (Å²) < 4.78 is 10.9. The minimum atomic E-state index is 0.392. The molecule has 64 valence electrons. The van der Waals surface area contributed by atoms with E-state index in [9.17, 15) is 0 Å². The summed E-state index contributed by atoms with van der Waals surface area (Å²) >= 11 is 0. The van der Waals surface area contributed by atoms with E-state index in [0.29, 0.717) is 11.5 Å². The molecule has 2 heteroatoms. The molecule has 3 rings (SSSR count). The van der Waals surface area contributed by atoms with Gasteiger partial charge >= 0.3 is 0 Å². The van der Waals surface area contributed by atoms with E-state index in [0.717, 1.165) is 13.2 Å². The van der Waals surface area contributed by atoms with Crippen LogP contribution in [0.5, 0.6) is 0 Å². The molecule has 2 aliphatic heterocycles. The molecule has 0 unspecified atom stereocenters. The Hall–Kier alpha value is -0.0800. The molecule has 0 radical (unpaired) electrons. The van der Waals surface area contributed by atoms with Crippen LogP contribution in [-0.4, -0.2) is 26.4 Å². The van der Waals surface area contributed by atoms with Crippen molar-refractivity contribution in [2.75, 3.05) is 20.3 Å². The number of rotatable bonds is 2. The van der Waals surface area contributed by atoms with E-state index >= 15 is 0 Å². The van der Waals surface area contributed by atoms with Gasteiger partial charge in [0, 0.05) is 12.5 Å². The molecule has 0 spiro atoms. The second-order valence-electron chi connectivity index (χ2n) is 3.94. The second kappa shape index (κ2) is 2.76. The first-order valence-corrected chi connectivity index (χ1v) is 4.45. The zero-order chi connectivity index (χ0) is 7.73. The predicted molar refractivity (Wildman–Crippen MR) is 42.5 cm³/mol. The molecule has 0 atom stereocenters. The highest BCUT2D eigenvalue weighted by Gasteiger charge is 2.41. The van der Waals surface area contributed by atoms with Crippen molar-refractivity contribution < 1.29 is 9.47 Å². The van der Waals surface area contributed by atoms with E-state index in [1.807, 2.05) is 0 Å². The quantitative estimate of drug-likeness (QED) is 0.604. The molecule has 2 saturated heterocycles. The smallest absolute Gasteiger partial charge is 0.0575 e. The Morgan fingerprint density at radius 2 is 2.18 bits per heavy atom. The van der Waals surface area contributed by atoms with Gasteiger partial charge in [0.1, 0.15) is 0 Å². The third-order valence-corrected chi connectivity index (χ3v) is 3.07. The molecule has 0 amide bonds. The number of ether oxygens (including phenoxy) is 2. The first kappa shape index (κ1) is 7.56. The molecule has 1 saturated carbocycles. The van der Waals surface area contributed by atoms with Gasteiger partial charge in [0.15, 0.2) is 0 Å². The summed E-state index contributed by atoms with van der Waals surface area (Å²) in [5.74, 6) is 0. The SMILES string of the molecule is COCC12CCC(CC1)OC2. The minimum Gasteiger partial charge on any atom is -0.384 e. The summed E-state index contributed by atoms with van der Waals surface area (Å²) in [6.45, 7) is 1.82. The van der Waals surface area contributed by atoms with Gasteiger partial charge in [-0.1, -0.05) is 0 Å². The zero-order valence-electron chi connectivity index (χ0n) is 7.14. The summed E-state index contributed by atoms with van der Waals surface area (Å²) in [6.07, 6.45) is 5.71. The molecule has 3 fully saturated rings. The van der Waals surface area contributed by atoms with Crippen molar-refractivity contribution in [3.05, 3.63) is 0 Å². The molecule has 11 heavy (non-hydrogen) atoms. The van der Waals surface area contributed by atoms with Gasteiger partial charge in [-0.3, -0.25) is 0 Å². The highest BCUT2D eigenvalue weighted by molar-refractivity contribution is 4.90. The van der Waals surface area contributed by atoms with Crippen LogP contribution < -0.4 is 0 Å². The van der Waals surface area contributed by atoms with Gasteiger partial charge in [-0.15, -0.1) is 0 Å². The van der Waals surface area contributed by atoms with Crippen LogP contribution in [-0.2, 0) is 9.47 Å². The van der Waals surface area contributed by atoms with Crippen LogP contribution in [0.1, 0.15) is 25.7 Å². The molecular formula is C9H16O2. The monoisotopic (exact) mass is 156 g/mol. The number of fused-ring (bicyclic) bond motifs is 3. The molecule has 2 heterocycles. The lowest BCUT2D eigenvalue weighted by molar-refractivity contribution is -0.136. The average Bonchev–Trinajstić information content (AvgIpc) is 2.07. The average molecular weight is 156 g/mol. The number of hydrogen-bond donors (Lipinski definition) is 0. The fourth-order valence-electron chi connectivity index (χ4n) is 2.30. The number of hydrogen-bond acceptors (Lipinski definition) is 2. The Bertz CT molecular complexity index is 117. The standard InChI is InChI=1S/C9H16O2/c1-10-6-9-4-2-8(3-5-9)11-7-9/h8H,2-7H2,1H3. The van der Waals surface area contributed by atoms with E-state index in [2.05, 4.69) is 0 Å². The number of methoxy groups -OCH3 is 1. The third-order valence-electron chi connectivity index (χ3n) is 3.07. The van der Waals surface area contributed by atoms with Crippen molar-refractivity contribution >= 4 is 0 Å². The Labute approximate surface area is 67.9 Å². The van der Waals surface area contributed by atoms with Gasteiger partial charge in [-0.05, 0) is 25.7 Å². The van der Waals surface area contributed by atoms with Gasteiger partial charge in [-0.2, -0.15) is 0 Å². The summed E-state index contributed by atoms with van der Waals surface area (Å²) in [6, 6.07) is 0. The van der Waals surface area contributed by atoms with Crippen LogP contribution in [0.4, 0.5) is 0 Å². The van der Waals surface area contributed by atoms with Crippen LogP contribution in [0.2, 0.25) is 0 Å². The molecule has 0 aromatic heterocycles. The Kier molecular flexibility index (Phi) is 1.90. The van der Waals surface area contributed by atoms with E-state index < -0.39 is 0 Å². The molecule has 0 aromatic rings. The van der Waals surface area contributed by atoms with E-state index in [1.54, 1.807) is 7.11 Å². The lowest BCUT2D eigenvalue weighted by Gasteiger charge is -2.45. The summed E-state index contributed by atoms with van der Waals surface area (Å²) in [4.78, 5) is 0. The van der Waals surface area contributed by atoms with Crippen LogP contribution in [0.15, 0.2) is 0 Å². The van der Waals surface area contributed by atoms with Crippen LogP contribution in [0.25, 0.3) is 0 Å². The van der Waals surface area contributed by atoms with Gasteiger partial charge in [-0.25, -0.2) is 0 Å². The van der Waals surface area contributed by atoms with E-state index in [-0.39, 0.29) is 0 Å². The molecule has 0 aromatic carbocycles. The summed E-state index contributed by atoms with van der Waals surface area (Å²) in [7, 11) is 1.79. The molecule has 0 N–H and O–H groups in total. The lowest BCUT2D eigenvalue weighted by Crippen LogP contribution is -2.45. The van der Waals surface area contributed by atoms with Gasteiger partial charge in [0.05, 0.1) is 19.3 Å². The highest BCUT2D eigenvalue weighted by atomic mass is 16.5. The van der Waals surface area contributed by atoms with Crippen molar-refractivity contribution in [1.29, 1.82) is 0 Å². The van der Waals surface area contributed by atoms with E-state index in [4.69, 9.17) is 9.47 Å². The van der Waals surface area contributed by atoms with E-state index in [1.165, 1.54) is 25.7 Å². The minimum absolute atomic E-state index is 0.392. The first-order chi connectivity index (χ1) is 5.35. The largest absolute Gasteiger partial charge is 0.384 e. The maximum Gasteiger partial charge on any atom is 0.0575 e. The fraction of sp³-hybridized carbons (Fsp3) is 1.00. The zero-order valence-corrected chi connectivity index (χ0v) is 7.14. The van der Waals surface area contributed by atoms with Crippen molar-refractivity contribution in [3.63, 3.8) is 0 Å². The molecular weight excluding hydrogens is 140 g/mol. The Morgan fingerprint density at radius 1 is 1.45 bits per heavy atom. The third kappa shape index (κ3) is 1.30. The Balaban J connectivity index is 2.00. The fourth-order valence-corrected chi connectivity index (χ4v) is 2.30. The first-order valence-electron chi connectivity index (χ1n) is 4.45. The maximum absolute atomic E-state index is 5.65. The molecule has 1 aliphatic carbocycles. The normalized spacial score (nSPS) is 42.8. The van der Waals surface area contributed by atoms with Crippen molar-refractivity contribution in [1.82, 2.24) is 0 Å². The molecule has 2 bridgehead atoms. The van der Waals surface area contributed by atoms with Crippen LogP contribution in [0.3, 0.4) is 0 Å². The van der Waals surface area contributed by atoms with Gasteiger partial charge < -0.3 is 9.47 Å².